The first-order chi connectivity index (χ1) is 9.73. The van der Waals surface area contributed by atoms with E-state index in [-0.39, 0.29) is 40.7 Å². The average molecular weight is 464 g/mol. The fourth-order valence-corrected chi connectivity index (χ4v) is 4.30. The second-order valence-electron chi connectivity index (χ2n) is 3.40. The van der Waals surface area contributed by atoms with E-state index in [9.17, 15) is 0 Å². The molecule has 0 radical (unpaired) electrons. The molecular formula is C10Cl8N2S. The number of halogens is 8. The summed E-state index contributed by atoms with van der Waals surface area (Å²) in [5.74, 6) is 0. The van der Waals surface area contributed by atoms with Gasteiger partial charge in [0.05, 0.1) is 29.9 Å². The van der Waals surface area contributed by atoms with Crippen molar-refractivity contribution < 1.29 is 0 Å². The largest absolute Gasteiger partial charge is 0.221 e. The SMILES string of the molecule is Clc1nc(Cl)c(Cl)c(Sc2c(Cl)c(Cl)nc(Cl)c2Cl)c1Cl. The third kappa shape index (κ3) is 3.73. The Bertz CT molecular complexity index is 622. The van der Waals surface area contributed by atoms with E-state index >= 15 is 0 Å². The molecule has 0 bridgehead atoms. The first-order valence-corrected chi connectivity index (χ1v) is 8.65. The lowest BCUT2D eigenvalue weighted by Crippen LogP contribution is -1.90. The van der Waals surface area contributed by atoms with Crippen LogP contribution in [0.1, 0.15) is 0 Å². The first kappa shape index (κ1) is 18.3. The summed E-state index contributed by atoms with van der Waals surface area (Å²) in [6, 6.07) is 0. The van der Waals surface area contributed by atoms with Crippen LogP contribution >= 0.6 is 105 Å². The highest BCUT2D eigenvalue weighted by Crippen LogP contribution is 2.49. The van der Waals surface area contributed by atoms with Gasteiger partial charge in [-0.1, -0.05) is 105 Å². The molecule has 0 fully saturated rings. The lowest BCUT2D eigenvalue weighted by atomic mass is 10.5. The summed E-state index contributed by atoms with van der Waals surface area (Å²) in [5, 5.41) is 0.386. The quantitative estimate of drug-likeness (QED) is 0.424. The number of nitrogens with zero attached hydrogens (tertiary/aromatic N) is 2. The Kier molecular flexibility index (Phi) is 6.32. The number of pyridine rings is 2. The average Bonchev–Trinajstić information content (AvgIpc) is 2.42. The number of aromatic nitrogens is 2. The molecule has 0 saturated heterocycles. The standard InChI is InChI=1S/C10Cl8N2S/c11-1-5(2(12)8(16)19-7(1)15)21-6-3(13)9(17)20-10(18)4(6)14. The van der Waals surface area contributed by atoms with Crippen molar-refractivity contribution in [3.8, 4) is 0 Å². The van der Waals surface area contributed by atoms with E-state index < -0.39 is 0 Å². The van der Waals surface area contributed by atoms with Gasteiger partial charge < -0.3 is 0 Å². The van der Waals surface area contributed by atoms with Crippen LogP contribution in [0.25, 0.3) is 0 Å². The van der Waals surface area contributed by atoms with Crippen LogP contribution in [0.3, 0.4) is 0 Å². The molecule has 2 nitrogen and oxygen atoms in total. The van der Waals surface area contributed by atoms with Crippen LogP contribution in [0.2, 0.25) is 40.7 Å². The van der Waals surface area contributed by atoms with Crippen LogP contribution in [-0.2, 0) is 0 Å². The van der Waals surface area contributed by atoms with Gasteiger partial charge in [0.15, 0.2) is 20.6 Å². The summed E-state index contributed by atoms with van der Waals surface area (Å²) in [6.45, 7) is 0. The third-order valence-corrected chi connectivity index (χ3v) is 6.74. The molecule has 0 aromatic carbocycles. The van der Waals surface area contributed by atoms with Crippen molar-refractivity contribution >= 4 is 105 Å². The van der Waals surface area contributed by atoms with E-state index in [1.54, 1.807) is 0 Å². The molecule has 2 aromatic heterocycles. The Hall–Kier alpha value is 0.970. The predicted octanol–water partition coefficient (Wildman–Crippen LogP) is 7.85. The van der Waals surface area contributed by atoms with Crippen LogP contribution in [0.4, 0.5) is 0 Å². The van der Waals surface area contributed by atoms with Gasteiger partial charge >= 0.3 is 0 Å². The van der Waals surface area contributed by atoms with E-state index in [2.05, 4.69) is 9.97 Å². The second-order valence-corrected chi connectivity index (χ2v) is 7.37. The molecule has 2 aromatic rings. The van der Waals surface area contributed by atoms with Crippen molar-refractivity contribution in [3.63, 3.8) is 0 Å². The van der Waals surface area contributed by atoms with E-state index in [0.29, 0.717) is 9.79 Å². The van der Waals surface area contributed by atoms with Crippen molar-refractivity contribution in [1.82, 2.24) is 9.97 Å². The molecule has 0 saturated carbocycles. The first-order valence-electron chi connectivity index (χ1n) is 4.81. The molecule has 0 amide bonds. The highest BCUT2D eigenvalue weighted by Gasteiger charge is 2.22. The summed E-state index contributed by atoms with van der Waals surface area (Å²) < 4.78 is 0. The number of rotatable bonds is 2. The van der Waals surface area contributed by atoms with Crippen molar-refractivity contribution in [2.75, 3.05) is 0 Å². The molecule has 0 aliphatic rings. The number of hydrogen-bond acceptors (Lipinski definition) is 3. The monoisotopic (exact) mass is 460 g/mol. The Balaban J connectivity index is 2.64. The van der Waals surface area contributed by atoms with Gasteiger partial charge in [-0.05, 0) is 0 Å². The minimum Gasteiger partial charge on any atom is -0.221 e. The van der Waals surface area contributed by atoms with Gasteiger partial charge in [0.1, 0.15) is 0 Å². The number of hydrogen-bond donors (Lipinski definition) is 0. The van der Waals surface area contributed by atoms with Gasteiger partial charge in [0, 0.05) is 0 Å². The Morgan fingerprint density at radius 3 is 0.952 bits per heavy atom. The van der Waals surface area contributed by atoms with E-state index in [4.69, 9.17) is 92.8 Å². The molecule has 2 rings (SSSR count). The molecule has 0 unspecified atom stereocenters. The minimum atomic E-state index is -0.00735. The van der Waals surface area contributed by atoms with Gasteiger partial charge in [-0.15, -0.1) is 0 Å². The summed E-state index contributed by atoms with van der Waals surface area (Å²) in [5.41, 5.74) is 0. The fourth-order valence-electron chi connectivity index (χ4n) is 1.22. The molecule has 0 spiro atoms. The smallest absolute Gasteiger partial charge is 0.150 e. The zero-order valence-corrected chi connectivity index (χ0v) is 16.2. The Morgan fingerprint density at radius 2 is 0.714 bits per heavy atom. The van der Waals surface area contributed by atoms with Gasteiger partial charge in [0.2, 0.25) is 0 Å². The van der Waals surface area contributed by atoms with Crippen LogP contribution in [0.5, 0.6) is 0 Å². The van der Waals surface area contributed by atoms with Gasteiger partial charge in [-0.2, -0.15) is 0 Å². The van der Waals surface area contributed by atoms with Crippen molar-refractivity contribution in [2.45, 2.75) is 9.79 Å². The zero-order valence-electron chi connectivity index (χ0n) is 9.33. The summed E-state index contributed by atoms with van der Waals surface area (Å²) in [4.78, 5) is 8.21. The predicted molar refractivity (Wildman–Crippen MR) is 92.7 cm³/mol. The normalized spacial score (nSPS) is 11.0. The summed E-state index contributed by atoms with van der Waals surface area (Å²) in [7, 11) is 0. The molecule has 11 heteroatoms. The van der Waals surface area contributed by atoms with Gasteiger partial charge in [0.25, 0.3) is 0 Å². The molecule has 0 aliphatic carbocycles. The third-order valence-electron chi connectivity index (χ3n) is 2.12. The van der Waals surface area contributed by atoms with E-state index in [1.807, 2.05) is 0 Å². The molecular weight excluding hydrogens is 464 g/mol. The highest BCUT2D eigenvalue weighted by atomic mass is 35.5. The van der Waals surface area contributed by atoms with Gasteiger partial charge in [-0.3, -0.25) is 0 Å². The summed E-state index contributed by atoms with van der Waals surface area (Å²) in [6.07, 6.45) is 0. The molecule has 0 N–H and O–H groups in total. The molecule has 0 atom stereocenters. The maximum absolute atomic E-state index is 6.08. The van der Waals surface area contributed by atoms with Crippen molar-refractivity contribution in [3.05, 3.63) is 40.7 Å². The van der Waals surface area contributed by atoms with Crippen LogP contribution in [-0.4, -0.2) is 9.97 Å². The zero-order chi connectivity index (χ0) is 15.9. The Labute approximate surface area is 163 Å². The minimum absolute atomic E-state index is 0.00735. The van der Waals surface area contributed by atoms with Gasteiger partial charge in [-0.25, -0.2) is 9.97 Å². The maximum Gasteiger partial charge on any atom is 0.150 e. The van der Waals surface area contributed by atoms with Crippen LogP contribution in [0, 0.1) is 0 Å². The van der Waals surface area contributed by atoms with E-state index in [1.165, 1.54) is 0 Å². The molecule has 2 heterocycles. The Morgan fingerprint density at radius 1 is 0.476 bits per heavy atom. The summed E-state index contributed by atoms with van der Waals surface area (Å²) >= 11 is 48.8. The fraction of sp³-hybridized carbons (Fsp3) is 0. The topological polar surface area (TPSA) is 25.8 Å². The maximum atomic E-state index is 6.08. The van der Waals surface area contributed by atoms with E-state index in [0.717, 1.165) is 11.8 Å². The lowest BCUT2D eigenvalue weighted by molar-refractivity contribution is 1.24. The van der Waals surface area contributed by atoms with Crippen LogP contribution in [0.15, 0.2) is 9.79 Å². The highest BCUT2D eigenvalue weighted by molar-refractivity contribution is 7.99. The molecule has 21 heavy (non-hydrogen) atoms. The van der Waals surface area contributed by atoms with Crippen LogP contribution < -0.4 is 0 Å². The van der Waals surface area contributed by atoms with Crippen molar-refractivity contribution in [1.29, 1.82) is 0 Å². The molecule has 112 valence electrons. The second kappa shape index (κ2) is 7.25. The molecule has 0 aliphatic heterocycles. The lowest BCUT2D eigenvalue weighted by Gasteiger charge is -2.12. The van der Waals surface area contributed by atoms with Crippen molar-refractivity contribution in [2.24, 2.45) is 0 Å².